The fourth-order valence-electron chi connectivity index (χ4n) is 3.39. The number of H-pyrrole nitrogens is 1. The first-order chi connectivity index (χ1) is 17.2. The average Bonchev–Trinajstić information content (AvgIpc) is 2.87. The van der Waals surface area contributed by atoms with Gasteiger partial charge in [0.15, 0.2) is 6.61 Å². The molecule has 1 heterocycles. The van der Waals surface area contributed by atoms with Crippen LogP contribution in [-0.2, 0) is 15.7 Å². The second-order valence-corrected chi connectivity index (χ2v) is 7.58. The Hall–Kier alpha value is -4.73. The van der Waals surface area contributed by atoms with Crippen LogP contribution in [0.5, 0.6) is 0 Å². The lowest BCUT2D eigenvalue weighted by Crippen LogP contribution is -2.31. The van der Waals surface area contributed by atoms with Gasteiger partial charge in [0.25, 0.3) is 5.91 Å². The van der Waals surface area contributed by atoms with Gasteiger partial charge in [-0.3, -0.25) is 9.59 Å². The number of alkyl halides is 3. The normalized spacial score (nSPS) is 11.5. The number of pyridine rings is 1. The molecule has 0 aliphatic heterocycles. The molecule has 36 heavy (non-hydrogen) atoms. The maximum Gasteiger partial charge on any atom is 0.416 e. The molecule has 0 saturated carbocycles. The third-order valence-electron chi connectivity index (χ3n) is 5.07. The van der Waals surface area contributed by atoms with Gasteiger partial charge in [0.05, 0.1) is 23.0 Å². The summed E-state index contributed by atoms with van der Waals surface area (Å²) in [5, 5.41) is 5.18. The van der Waals surface area contributed by atoms with Crippen LogP contribution < -0.4 is 10.6 Å². The van der Waals surface area contributed by atoms with Crippen LogP contribution in [0.1, 0.15) is 21.5 Å². The first kappa shape index (κ1) is 24.4. The number of ether oxygens (including phenoxy) is 1. The van der Waals surface area contributed by atoms with Crippen molar-refractivity contribution in [2.45, 2.75) is 6.18 Å². The molecule has 0 saturated heterocycles. The number of carbonyl (C=O) groups excluding carboxylic acids is 2. The van der Waals surface area contributed by atoms with Crippen molar-refractivity contribution in [2.75, 3.05) is 11.6 Å². The monoisotopic (exact) mass is 493 g/mol. The van der Waals surface area contributed by atoms with Gasteiger partial charge in [-0.15, -0.1) is 0 Å². The number of halogens is 3. The summed E-state index contributed by atoms with van der Waals surface area (Å²) in [5.41, 5.74) is -0.736. The zero-order valence-electron chi connectivity index (χ0n) is 18.5. The lowest BCUT2D eigenvalue weighted by atomic mass is 10.1. The SMILES string of the molecule is O=C(OCC(=O)N(/N=C/c1ccccc1)c1cccc(C(F)(F)F)c1)c1cc(=O)[nH]c2ccccc12. The standard InChI is InChI=1S/C26H18F3N3O4/c27-26(28,29)18-9-6-10-19(13-18)32(30-15-17-7-2-1-3-8-17)24(34)16-36-25(35)21-14-23(33)31-22-12-5-4-11-20(21)22/h1-15H,16H2,(H,31,33)/b30-15+. The number of carbonyl (C=O) groups is 2. The van der Waals surface area contributed by atoms with Gasteiger partial charge in [-0.2, -0.15) is 23.3 Å². The van der Waals surface area contributed by atoms with Crippen LogP contribution in [0.25, 0.3) is 10.9 Å². The predicted molar refractivity (Wildman–Crippen MR) is 128 cm³/mol. The molecule has 0 bridgehead atoms. The van der Waals surface area contributed by atoms with Crippen LogP contribution >= 0.6 is 0 Å². The Labute approximate surface area is 202 Å². The van der Waals surface area contributed by atoms with Crippen molar-refractivity contribution in [1.82, 2.24) is 4.98 Å². The maximum atomic E-state index is 13.2. The molecule has 0 radical (unpaired) electrons. The van der Waals surface area contributed by atoms with Crippen LogP contribution in [0.3, 0.4) is 0 Å². The summed E-state index contributed by atoms with van der Waals surface area (Å²) in [7, 11) is 0. The molecule has 0 atom stereocenters. The van der Waals surface area contributed by atoms with E-state index in [0.29, 0.717) is 16.5 Å². The van der Waals surface area contributed by atoms with Crippen molar-refractivity contribution in [3.63, 3.8) is 0 Å². The Morgan fingerprint density at radius 3 is 2.42 bits per heavy atom. The molecule has 1 aromatic heterocycles. The highest BCUT2D eigenvalue weighted by Crippen LogP contribution is 2.32. The van der Waals surface area contributed by atoms with Crippen molar-refractivity contribution in [3.8, 4) is 0 Å². The molecule has 0 unspecified atom stereocenters. The summed E-state index contributed by atoms with van der Waals surface area (Å²) in [5.74, 6) is -1.84. The van der Waals surface area contributed by atoms with Gasteiger partial charge >= 0.3 is 12.1 Å². The number of anilines is 1. The van der Waals surface area contributed by atoms with Crippen LogP contribution in [-0.4, -0.2) is 29.7 Å². The van der Waals surface area contributed by atoms with Crippen LogP contribution in [0.4, 0.5) is 18.9 Å². The summed E-state index contributed by atoms with van der Waals surface area (Å²) in [6.07, 6.45) is -3.34. The lowest BCUT2D eigenvalue weighted by molar-refractivity contribution is -0.137. The largest absolute Gasteiger partial charge is 0.452 e. The van der Waals surface area contributed by atoms with E-state index in [9.17, 15) is 27.6 Å². The number of aromatic nitrogens is 1. The fourth-order valence-corrected chi connectivity index (χ4v) is 3.39. The van der Waals surface area contributed by atoms with E-state index in [4.69, 9.17) is 4.74 Å². The minimum atomic E-state index is -4.64. The van der Waals surface area contributed by atoms with Crippen molar-refractivity contribution in [1.29, 1.82) is 0 Å². The molecule has 0 aliphatic rings. The number of amides is 1. The van der Waals surface area contributed by atoms with Gasteiger partial charge in [-0.05, 0) is 29.8 Å². The van der Waals surface area contributed by atoms with E-state index >= 15 is 0 Å². The Kier molecular flexibility index (Phi) is 6.95. The van der Waals surface area contributed by atoms with Gasteiger partial charge in [0, 0.05) is 17.0 Å². The van der Waals surface area contributed by atoms with E-state index in [-0.39, 0.29) is 11.3 Å². The molecule has 4 aromatic rings. The highest BCUT2D eigenvalue weighted by atomic mass is 19.4. The quantitative estimate of drug-likeness (QED) is 0.238. The number of nitrogens with zero attached hydrogens (tertiary/aromatic N) is 2. The number of hydrazone groups is 1. The minimum absolute atomic E-state index is 0.0550. The third-order valence-corrected chi connectivity index (χ3v) is 5.07. The molecule has 4 rings (SSSR count). The van der Waals surface area contributed by atoms with E-state index in [0.717, 1.165) is 29.3 Å². The van der Waals surface area contributed by atoms with Crippen molar-refractivity contribution >= 4 is 34.7 Å². The Balaban J connectivity index is 1.61. The van der Waals surface area contributed by atoms with Gasteiger partial charge in [-0.25, -0.2) is 4.79 Å². The van der Waals surface area contributed by atoms with Gasteiger partial charge in [0.1, 0.15) is 0 Å². The summed E-state index contributed by atoms with van der Waals surface area (Å²) < 4.78 is 44.9. The summed E-state index contributed by atoms with van der Waals surface area (Å²) in [6.45, 7) is -0.831. The Bertz CT molecular complexity index is 1500. The van der Waals surface area contributed by atoms with Gasteiger partial charge in [-0.1, -0.05) is 54.6 Å². The second-order valence-electron chi connectivity index (χ2n) is 7.58. The molecule has 10 heteroatoms. The molecule has 0 fully saturated rings. The topological polar surface area (TPSA) is 91.8 Å². The zero-order chi connectivity index (χ0) is 25.7. The van der Waals surface area contributed by atoms with E-state index < -0.39 is 35.8 Å². The molecular weight excluding hydrogens is 475 g/mol. The van der Waals surface area contributed by atoms with Crippen LogP contribution in [0.2, 0.25) is 0 Å². The number of hydrogen-bond acceptors (Lipinski definition) is 5. The van der Waals surface area contributed by atoms with Gasteiger partial charge < -0.3 is 9.72 Å². The summed E-state index contributed by atoms with van der Waals surface area (Å²) in [4.78, 5) is 40.2. The van der Waals surface area contributed by atoms with E-state index in [1.165, 1.54) is 12.3 Å². The maximum absolute atomic E-state index is 13.2. The van der Waals surface area contributed by atoms with E-state index in [1.807, 2.05) is 0 Å². The Morgan fingerprint density at radius 1 is 0.944 bits per heavy atom. The first-order valence-corrected chi connectivity index (χ1v) is 10.6. The zero-order valence-corrected chi connectivity index (χ0v) is 18.5. The Morgan fingerprint density at radius 2 is 1.67 bits per heavy atom. The minimum Gasteiger partial charge on any atom is -0.452 e. The molecule has 1 amide bonds. The summed E-state index contributed by atoms with van der Waals surface area (Å²) >= 11 is 0. The molecule has 0 aliphatic carbocycles. The van der Waals surface area contributed by atoms with Gasteiger partial charge in [0.2, 0.25) is 5.56 Å². The number of aromatic amines is 1. The number of hydrogen-bond donors (Lipinski definition) is 1. The molecular formula is C26H18F3N3O4. The predicted octanol–water partition coefficient (Wildman–Crippen LogP) is 4.77. The first-order valence-electron chi connectivity index (χ1n) is 10.6. The van der Waals surface area contributed by atoms with Crippen molar-refractivity contribution in [2.24, 2.45) is 5.10 Å². The molecule has 1 N–H and O–H groups in total. The van der Waals surface area contributed by atoms with Crippen molar-refractivity contribution < 1.29 is 27.5 Å². The van der Waals surface area contributed by atoms with Crippen molar-refractivity contribution in [3.05, 3.63) is 112 Å². The number of fused-ring (bicyclic) bond motifs is 1. The van der Waals surface area contributed by atoms with E-state index in [1.54, 1.807) is 54.6 Å². The summed E-state index contributed by atoms with van der Waals surface area (Å²) in [6, 6.07) is 20.3. The highest BCUT2D eigenvalue weighted by molar-refractivity contribution is 6.04. The molecule has 0 spiro atoms. The molecule has 7 nitrogen and oxygen atoms in total. The van der Waals surface area contributed by atoms with Crippen LogP contribution in [0.15, 0.2) is 94.8 Å². The number of benzene rings is 3. The highest BCUT2D eigenvalue weighted by Gasteiger charge is 2.31. The molecule has 3 aromatic carbocycles. The second kappa shape index (κ2) is 10.3. The van der Waals surface area contributed by atoms with E-state index in [2.05, 4.69) is 10.1 Å². The average molecular weight is 493 g/mol. The fraction of sp³-hybridized carbons (Fsp3) is 0.0769. The number of nitrogens with one attached hydrogen (secondary N) is 1. The lowest BCUT2D eigenvalue weighted by Gasteiger charge is -2.18. The third kappa shape index (κ3) is 5.66. The van der Waals surface area contributed by atoms with Crippen LogP contribution in [0, 0.1) is 0 Å². The smallest absolute Gasteiger partial charge is 0.416 e. The number of esters is 1. The molecule has 182 valence electrons. The number of para-hydroxylation sites is 1. The number of rotatable bonds is 6.